The Morgan fingerprint density at radius 1 is 1.10 bits per heavy atom. The second kappa shape index (κ2) is 9.74. The molecular formula is C23H27N3O2S. The van der Waals surface area contributed by atoms with Crippen LogP contribution in [0, 0.1) is 0 Å². The molecule has 0 saturated carbocycles. The van der Waals surface area contributed by atoms with Crippen LogP contribution in [0.15, 0.2) is 64.5 Å². The third-order valence-electron chi connectivity index (χ3n) is 5.01. The van der Waals surface area contributed by atoms with E-state index in [0.29, 0.717) is 22.6 Å². The van der Waals surface area contributed by atoms with Gasteiger partial charge in [-0.25, -0.2) is 4.98 Å². The summed E-state index contributed by atoms with van der Waals surface area (Å²) >= 11 is 1.34. The molecule has 2 atom stereocenters. The minimum Gasteiger partial charge on any atom is -0.355 e. The second-order valence-corrected chi connectivity index (χ2v) is 8.44. The van der Waals surface area contributed by atoms with Gasteiger partial charge in [0.05, 0.1) is 16.2 Å². The molecule has 0 aliphatic rings. The fourth-order valence-corrected chi connectivity index (χ4v) is 4.14. The maximum atomic E-state index is 13.0. The van der Waals surface area contributed by atoms with Crippen LogP contribution >= 0.6 is 11.8 Å². The van der Waals surface area contributed by atoms with E-state index < -0.39 is 0 Å². The SMILES string of the molecule is CC[C@H](C)n1c(S[C@@H](C)C(=O)NCCc2ccccc2)nc2ccccc2c1=O. The van der Waals surface area contributed by atoms with Crippen molar-refractivity contribution in [2.75, 3.05) is 6.54 Å². The van der Waals surface area contributed by atoms with Crippen molar-refractivity contribution in [3.63, 3.8) is 0 Å². The third-order valence-corrected chi connectivity index (χ3v) is 6.08. The predicted molar refractivity (Wildman–Crippen MR) is 119 cm³/mol. The summed E-state index contributed by atoms with van der Waals surface area (Å²) in [6.45, 7) is 6.48. The average Bonchev–Trinajstić information content (AvgIpc) is 2.74. The summed E-state index contributed by atoms with van der Waals surface area (Å²) < 4.78 is 1.72. The molecule has 0 aliphatic heterocycles. The molecule has 0 unspecified atom stereocenters. The molecular weight excluding hydrogens is 382 g/mol. The molecule has 0 radical (unpaired) electrons. The minimum absolute atomic E-state index is 0.00967. The van der Waals surface area contributed by atoms with Crippen LogP contribution in [0.5, 0.6) is 0 Å². The number of hydrogen-bond donors (Lipinski definition) is 1. The molecule has 0 bridgehead atoms. The number of carbonyl (C=O) groups is 1. The first-order valence-corrected chi connectivity index (χ1v) is 10.9. The van der Waals surface area contributed by atoms with Gasteiger partial charge in [-0.05, 0) is 44.4 Å². The molecule has 6 heteroatoms. The Morgan fingerprint density at radius 2 is 1.79 bits per heavy atom. The van der Waals surface area contributed by atoms with Crippen LogP contribution in [0.2, 0.25) is 0 Å². The number of benzene rings is 2. The first-order chi connectivity index (χ1) is 14.0. The monoisotopic (exact) mass is 409 g/mol. The number of rotatable bonds is 8. The van der Waals surface area contributed by atoms with Crippen LogP contribution < -0.4 is 10.9 Å². The molecule has 0 saturated heterocycles. The summed E-state index contributed by atoms with van der Waals surface area (Å²) in [7, 11) is 0. The molecule has 3 rings (SSSR count). The molecule has 5 nitrogen and oxygen atoms in total. The van der Waals surface area contributed by atoms with Crippen molar-refractivity contribution in [3.05, 3.63) is 70.5 Å². The van der Waals surface area contributed by atoms with Crippen molar-refractivity contribution < 1.29 is 4.79 Å². The van der Waals surface area contributed by atoms with Crippen molar-refractivity contribution in [3.8, 4) is 0 Å². The van der Waals surface area contributed by atoms with E-state index in [1.54, 1.807) is 10.6 Å². The van der Waals surface area contributed by atoms with E-state index in [2.05, 4.69) is 5.32 Å². The Morgan fingerprint density at radius 3 is 2.52 bits per heavy atom. The smallest absolute Gasteiger partial charge is 0.262 e. The Balaban J connectivity index is 1.75. The molecule has 152 valence electrons. The zero-order valence-corrected chi connectivity index (χ0v) is 17.9. The first kappa shape index (κ1) is 21.1. The average molecular weight is 410 g/mol. The number of nitrogens with one attached hydrogen (secondary N) is 1. The highest BCUT2D eigenvalue weighted by Crippen LogP contribution is 2.25. The number of amides is 1. The lowest BCUT2D eigenvalue weighted by molar-refractivity contribution is -0.120. The molecule has 3 aromatic rings. The van der Waals surface area contributed by atoms with Crippen LogP contribution in [0.25, 0.3) is 10.9 Å². The quantitative estimate of drug-likeness (QED) is 0.447. The fourth-order valence-electron chi connectivity index (χ4n) is 3.11. The Kier molecular flexibility index (Phi) is 7.09. The van der Waals surface area contributed by atoms with Gasteiger partial charge < -0.3 is 5.32 Å². The molecule has 0 spiro atoms. The van der Waals surface area contributed by atoms with Gasteiger partial charge in [-0.2, -0.15) is 0 Å². The highest BCUT2D eigenvalue weighted by atomic mass is 32.2. The van der Waals surface area contributed by atoms with E-state index in [9.17, 15) is 9.59 Å². The summed E-state index contributed by atoms with van der Waals surface area (Å²) in [4.78, 5) is 30.3. The van der Waals surface area contributed by atoms with E-state index in [1.807, 2.05) is 69.3 Å². The standard InChI is InChI=1S/C23H27N3O2S/c1-4-16(2)26-22(28)19-12-8-9-13-20(19)25-23(26)29-17(3)21(27)24-15-14-18-10-6-5-7-11-18/h5-13,16-17H,4,14-15H2,1-3H3,(H,24,27)/t16-,17-/m0/s1. The van der Waals surface area contributed by atoms with Gasteiger partial charge >= 0.3 is 0 Å². The van der Waals surface area contributed by atoms with Crippen LogP contribution in [0.3, 0.4) is 0 Å². The Bertz CT molecular complexity index is 1030. The van der Waals surface area contributed by atoms with Crippen LogP contribution in [0.4, 0.5) is 0 Å². The maximum Gasteiger partial charge on any atom is 0.262 e. The number of carbonyl (C=O) groups excluding carboxylic acids is 1. The van der Waals surface area contributed by atoms with Gasteiger partial charge in [-0.1, -0.05) is 61.2 Å². The number of fused-ring (bicyclic) bond motifs is 1. The summed E-state index contributed by atoms with van der Waals surface area (Å²) in [6.07, 6.45) is 1.60. The van der Waals surface area contributed by atoms with Gasteiger partial charge in [0, 0.05) is 12.6 Å². The minimum atomic E-state index is -0.353. The van der Waals surface area contributed by atoms with Crippen molar-refractivity contribution in [2.24, 2.45) is 0 Å². The number of nitrogens with zero attached hydrogens (tertiary/aromatic N) is 2. The van der Waals surface area contributed by atoms with Gasteiger partial charge in [-0.15, -0.1) is 0 Å². The fraction of sp³-hybridized carbons (Fsp3) is 0.348. The Hall–Kier alpha value is -2.60. The molecule has 29 heavy (non-hydrogen) atoms. The molecule has 0 aliphatic carbocycles. The number of aromatic nitrogens is 2. The highest BCUT2D eigenvalue weighted by Gasteiger charge is 2.21. The van der Waals surface area contributed by atoms with Crippen LogP contribution in [0.1, 0.15) is 38.8 Å². The van der Waals surface area contributed by atoms with E-state index in [1.165, 1.54) is 17.3 Å². The predicted octanol–water partition coefficient (Wildman–Crippen LogP) is 4.21. The molecule has 2 aromatic carbocycles. The van der Waals surface area contributed by atoms with Crippen molar-refractivity contribution in [1.82, 2.24) is 14.9 Å². The summed E-state index contributed by atoms with van der Waals surface area (Å²) in [5, 5.41) is 3.84. The number of para-hydroxylation sites is 1. The zero-order chi connectivity index (χ0) is 20.8. The van der Waals surface area contributed by atoms with Crippen LogP contribution in [-0.4, -0.2) is 27.3 Å². The van der Waals surface area contributed by atoms with Crippen molar-refractivity contribution in [2.45, 2.75) is 50.1 Å². The molecule has 1 heterocycles. The van der Waals surface area contributed by atoms with Gasteiger partial charge in [0.2, 0.25) is 5.91 Å². The van der Waals surface area contributed by atoms with Gasteiger partial charge in [0.1, 0.15) is 0 Å². The van der Waals surface area contributed by atoms with E-state index in [-0.39, 0.29) is 22.8 Å². The van der Waals surface area contributed by atoms with Crippen molar-refractivity contribution >= 4 is 28.6 Å². The lowest BCUT2D eigenvalue weighted by Crippen LogP contribution is -2.33. The largest absolute Gasteiger partial charge is 0.355 e. The Labute approximate surface area is 175 Å². The number of thioether (sulfide) groups is 1. The van der Waals surface area contributed by atoms with Crippen molar-refractivity contribution in [1.29, 1.82) is 0 Å². The topological polar surface area (TPSA) is 64.0 Å². The maximum absolute atomic E-state index is 13.0. The van der Waals surface area contributed by atoms with E-state index >= 15 is 0 Å². The lowest BCUT2D eigenvalue weighted by Gasteiger charge is -2.20. The highest BCUT2D eigenvalue weighted by molar-refractivity contribution is 8.00. The van der Waals surface area contributed by atoms with Gasteiger partial charge in [-0.3, -0.25) is 14.2 Å². The second-order valence-electron chi connectivity index (χ2n) is 7.13. The molecule has 1 N–H and O–H groups in total. The zero-order valence-electron chi connectivity index (χ0n) is 17.1. The summed E-state index contributed by atoms with van der Waals surface area (Å²) in [5.41, 5.74) is 1.80. The summed E-state index contributed by atoms with van der Waals surface area (Å²) in [6, 6.07) is 17.4. The first-order valence-electron chi connectivity index (χ1n) is 10.0. The lowest BCUT2D eigenvalue weighted by atomic mass is 10.1. The van der Waals surface area contributed by atoms with Gasteiger partial charge in [0.15, 0.2) is 5.16 Å². The summed E-state index contributed by atoms with van der Waals surface area (Å²) in [5.74, 6) is -0.0518. The molecule has 1 aromatic heterocycles. The van der Waals surface area contributed by atoms with E-state index in [4.69, 9.17) is 4.98 Å². The van der Waals surface area contributed by atoms with E-state index in [0.717, 1.165) is 12.8 Å². The molecule has 0 fully saturated rings. The van der Waals surface area contributed by atoms with Crippen LogP contribution in [-0.2, 0) is 11.2 Å². The third kappa shape index (κ3) is 5.07. The normalized spacial score (nSPS) is 13.2. The molecule has 1 amide bonds. The van der Waals surface area contributed by atoms with Gasteiger partial charge in [0.25, 0.3) is 5.56 Å². The number of hydrogen-bond acceptors (Lipinski definition) is 4.